The maximum absolute atomic E-state index is 13.0. The van der Waals surface area contributed by atoms with Crippen molar-refractivity contribution in [2.75, 3.05) is 20.1 Å². The Labute approximate surface area is 139 Å². The maximum Gasteiger partial charge on any atom is 0.416 e. The highest BCUT2D eigenvalue weighted by Gasteiger charge is 2.38. The Bertz CT molecular complexity index is 605. The average Bonchev–Trinajstić information content (AvgIpc) is 3.11. The Morgan fingerprint density at radius 2 is 2.04 bits per heavy atom. The molecule has 2 atom stereocenters. The summed E-state index contributed by atoms with van der Waals surface area (Å²) in [4.78, 5) is 16.1. The molecule has 1 aromatic carbocycles. The average molecular weight is 341 g/mol. The first kappa shape index (κ1) is 17.1. The zero-order valence-electron chi connectivity index (χ0n) is 13.6. The molecule has 2 amide bonds. The van der Waals surface area contributed by atoms with Gasteiger partial charge in [0.1, 0.15) is 0 Å². The number of hydrogen-bond donors (Lipinski definition) is 1. The van der Waals surface area contributed by atoms with Crippen LogP contribution in [0.25, 0.3) is 0 Å². The molecule has 2 aliphatic heterocycles. The fourth-order valence-electron chi connectivity index (χ4n) is 3.78. The highest BCUT2D eigenvalue weighted by Crippen LogP contribution is 2.32. The number of nitrogens with zero attached hydrogens (tertiary/aromatic N) is 2. The van der Waals surface area contributed by atoms with Crippen LogP contribution in [0, 0.1) is 0 Å². The van der Waals surface area contributed by atoms with Crippen LogP contribution >= 0.6 is 0 Å². The van der Waals surface area contributed by atoms with Gasteiger partial charge in [-0.3, -0.25) is 4.90 Å². The molecule has 1 N–H and O–H groups in total. The second-order valence-electron chi connectivity index (χ2n) is 6.60. The van der Waals surface area contributed by atoms with Crippen molar-refractivity contribution in [2.24, 2.45) is 0 Å². The Kier molecular flexibility index (Phi) is 4.71. The molecule has 0 spiro atoms. The van der Waals surface area contributed by atoms with Crippen LogP contribution < -0.4 is 5.32 Å². The molecule has 2 aliphatic rings. The van der Waals surface area contributed by atoms with Crippen molar-refractivity contribution in [2.45, 2.75) is 44.1 Å². The predicted molar refractivity (Wildman–Crippen MR) is 84.4 cm³/mol. The maximum atomic E-state index is 13.0. The number of fused-ring (bicyclic) bond motifs is 1. The van der Waals surface area contributed by atoms with Gasteiger partial charge in [0, 0.05) is 32.2 Å². The summed E-state index contributed by atoms with van der Waals surface area (Å²) in [5, 5.41) is 2.99. The Morgan fingerprint density at radius 3 is 2.79 bits per heavy atom. The van der Waals surface area contributed by atoms with E-state index in [0.29, 0.717) is 6.04 Å². The lowest BCUT2D eigenvalue weighted by Crippen LogP contribution is -2.47. The third-order valence-corrected chi connectivity index (χ3v) is 4.99. The number of alkyl halides is 3. The van der Waals surface area contributed by atoms with Gasteiger partial charge >= 0.3 is 12.2 Å². The Morgan fingerprint density at radius 1 is 1.29 bits per heavy atom. The summed E-state index contributed by atoms with van der Waals surface area (Å²) in [6.45, 7) is 1.99. The van der Waals surface area contributed by atoms with Crippen LogP contribution in [0.4, 0.5) is 18.0 Å². The zero-order chi connectivity index (χ0) is 17.3. The molecule has 24 heavy (non-hydrogen) atoms. The molecule has 2 fully saturated rings. The van der Waals surface area contributed by atoms with Crippen LogP contribution in [0.2, 0.25) is 0 Å². The topological polar surface area (TPSA) is 35.6 Å². The van der Waals surface area contributed by atoms with Gasteiger partial charge in [-0.05, 0) is 37.4 Å². The van der Waals surface area contributed by atoms with Crippen LogP contribution in [-0.2, 0) is 12.7 Å². The summed E-state index contributed by atoms with van der Waals surface area (Å²) >= 11 is 0. The number of nitrogens with one attached hydrogen (secondary N) is 1. The van der Waals surface area contributed by atoms with E-state index in [9.17, 15) is 18.0 Å². The van der Waals surface area contributed by atoms with Crippen molar-refractivity contribution in [3.63, 3.8) is 0 Å². The first-order valence-electron chi connectivity index (χ1n) is 8.27. The third kappa shape index (κ3) is 3.50. The normalized spacial score (nSPS) is 24.0. The van der Waals surface area contributed by atoms with Gasteiger partial charge in [0.2, 0.25) is 0 Å². The first-order chi connectivity index (χ1) is 11.4. The lowest BCUT2D eigenvalue weighted by Gasteiger charge is -2.25. The molecule has 2 saturated heterocycles. The van der Waals surface area contributed by atoms with Gasteiger partial charge in [-0.2, -0.15) is 13.2 Å². The number of carbonyl (C=O) groups excluding carboxylic acids is 1. The summed E-state index contributed by atoms with van der Waals surface area (Å²) in [5.74, 6) is 0. The number of urea groups is 1. The van der Waals surface area contributed by atoms with Crippen molar-refractivity contribution in [3.05, 3.63) is 35.4 Å². The smallest absolute Gasteiger partial charge is 0.334 e. The van der Waals surface area contributed by atoms with Crippen molar-refractivity contribution in [3.8, 4) is 0 Å². The summed E-state index contributed by atoms with van der Waals surface area (Å²) in [7, 11) is 1.53. The third-order valence-electron chi connectivity index (χ3n) is 4.99. The van der Waals surface area contributed by atoms with E-state index >= 15 is 0 Å². The molecular formula is C17H22F3N3O. The van der Waals surface area contributed by atoms with Crippen LogP contribution in [0.5, 0.6) is 0 Å². The molecule has 0 bridgehead atoms. The van der Waals surface area contributed by atoms with Gasteiger partial charge < -0.3 is 10.2 Å². The second kappa shape index (κ2) is 6.63. The Balaban J connectivity index is 1.63. The monoisotopic (exact) mass is 341 g/mol. The number of rotatable bonds is 3. The standard InChI is InChI=1S/C17H22F3N3O/c1-22(11-12-5-2-3-6-13(12)17(18,19)20)16(24)21-14-8-10-23-9-4-7-15(14)23/h2-3,5-6,14-15H,4,7-11H2,1H3,(H,21,24)/t14-,15+/m1/s1. The summed E-state index contributed by atoms with van der Waals surface area (Å²) in [5.41, 5.74) is -0.580. The predicted octanol–water partition coefficient (Wildman–Crippen LogP) is 3.08. The number of benzene rings is 1. The van der Waals surface area contributed by atoms with E-state index in [1.165, 1.54) is 24.1 Å². The Hall–Kier alpha value is -1.76. The first-order valence-corrected chi connectivity index (χ1v) is 8.27. The molecule has 0 radical (unpaired) electrons. The molecule has 132 valence electrons. The second-order valence-corrected chi connectivity index (χ2v) is 6.60. The van der Waals surface area contributed by atoms with Crippen LogP contribution in [0.1, 0.15) is 30.4 Å². The highest BCUT2D eigenvalue weighted by molar-refractivity contribution is 5.74. The SMILES string of the molecule is CN(Cc1ccccc1C(F)(F)F)C(=O)N[C@@H]1CCN2CCC[C@@H]12. The molecule has 0 aromatic heterocycles. The van der Waals surface area contributed by atoms with Crippen molar-refractivity contribution >= 4 is 6.03 Å². The van der Waals surface area contributed by atoms with Gasteiger partial charge in [-0.15, -0.1) is 0 Å². The van der Waals surface area contributed by atoms with Crippen molar-refractivity contribution < 1.29 is 18.0 Å². The van der Waals surface area contributed by atoms with E-state index in [0.717, 1.165) is 38.4 Å². The molecule has 2 heterocycles. The lowest BCUT2D eigenvalue weighted by atomic mass is 10.1. The summed E-state index contributed by atoms with van der Waals surface area (Å²) in [6, 6.07) is 5.55. The van der Waals surface area contributed by atoms with Gasteiger partial charge in [-0.1, -0.05) is 18.2 Å². The van der Waals surface area contributed by atoms with E-state index in [1.807, 2.05) is 0 Å². The van der Waals surface area contributed by atoms with Crippen LogP contribution in [-0.4, -0.2) is 48.1 Å². The number of carbonyl (C=O) groups is 1. The molecular weight excluding hydrogens is 319 g/mol. The molecule has 3 rings (SSSR count). The van der Waals surface area contributed by atoms with Crippen molar-refractivity contribution in [1.82, 2.24) is 15.1 Å². The van der Waals surface area contributed by atoms with Crippen LogP contribution in [0.15, 0.2) is 24.3 Å². The van der Waals surface area contributed by atoms with Gasteiger partial charge in [-0.25, -0.2) is 4.79 Å². The van der Waals surface area contributed by atoms with Crippen molar-refractivity contribution in [1.29, 1.82) is 0 Å². The van der Waals surface area contributed by atoms with E-state index in [1.54, 1.807) is 6.07 Å². The number of amides is 2. The fourth-order valence-corrected chi connectivity index (χ4v) is 3.78. The molecule has 1 aromatic rings. The van der Waals surface area contributed by atoms with Gasteiger partial charge in [0.25, 0.3) is 0 Å². The molecule has 0 unspecified atom stereocenters. The largest absolute Gasteiger partial charge is 0.416 e. The highest BCUT2D eigenvalue weighted by atomic mass is 19.4. The van der Waals surface area contributed by atoms with E-state index in [2.05, 4.69) is 10.2 Å². The zero-order valence-corrected chi connectivity index (χ0v) is 13.6. The lowest BCUT2D eigenvalue weighted by molar-refractivity contribution is -0.138. The van der Waals surface area contributed by atoms with Gasteiger partial charge in [0.05, 0.1) is 5.56 Å². The fraction of sp³-hybridized carbons (Fsp3) is 0.588. The minimum atomic E-state index is -4.41. The van der Waals surface area contributed by atoms with E-state index in [4.69, 9.17) is 0 Å². The molecule has 7 heteroatoms. The summed E-state index contributed by atoms with van der Waals surface area (Å²) < 4.78 is 39.1. The minimum absolute atomic E-state index is 0.0668. The van der Waals surface area contributed by atoms with Crippen LogP contribution in [0.3, 0.4) is 0 Å². The van der Waals surface area contributed by atoms with Gasteiger partial charge in [0.15, 0.2) is 0 Å². The van der Waals surface area contributed by atoms with E-state index in [-0.39, 0.29) is 24.2 Å². The molecule has 4 nitrogen and oxygen atoms in total. The van der Waals surface area contributed by atoms with E-state index < -0.39 is 11.7 Å². The minimum Gasteiger partial charge on any atom is -0.334 e. The molecule has 0 saturated carbocycles. The number of halogens is 3. The molecule has 0 aliphatic carbocycles. The number of hydrogen-bond acceptors (Lipinski definition) is 2. The quantitative estimate of drug-likeness (QED) is 0.917. The summed E-state index contributed by atoms with van der Waals surface area (Å²) in [6.07, 6.45) is -1.29.